The molecule has 9 heteroatoms. The lowest BCUT2D eigenvalue weighted by molar-refractivity contribution is 0.0720. The smallest absolute Gasteiger partial charge is 0.275 e. The summed E-state index contributed by atoms with van der Waals surface area (Å²) >= 11 is 1.28. The van der Waals surface area contributed by atoms with Crippen LogP contribution in [-0.4, -0.2) is 49.5 Å². The molecule has 0 saturated heterocycles. The van der Waals surface area contributed by atoms with Gasteiger partial charge in [0.05, 0.1) is 6.04 Å². The van der Waals surface area contributed by atoms with Crippen molar-refractivity contribution < 1.29 is 14.3 Å². The van der Waals surface area contributed by atoms with Gasteiger partial charge in [-0.15, -0.1) is 10.2 Å². The summed E-state index contributed by atoms with van der Waals surface area (Å²) in [5.74, 6) is -0.778. The molecule has 0 aliphatic carbocycles. The third-order valence-corrected chi connectivity index (χ3v) is 6.23. The Morgan fingerprint density at radius 2 is 1.87 bits per heavy atom. The Balaban J connectivity index is 1.52. The van der Waals surface area contributed by atoms with Gasteiger partial charge in [0.25, 0.3) is 5.91 Å². The lowest BCUT2D eigenvalue weighted by Gasteiger charge is -2.31. The van der Waals surface area contributed by atoms with E-state index in [0.717, 1.165) is 11.1 Å². The van der Waals surface area contributed by atoms with Gasteiger partial charge in [0.15, 0.2) is 22.1 Å². The highest BCUT2D eigenvalue weighted by Crippen LogP contribution is 2.38. The molecule has 7 nitrogen and oxygen atoms in total. The minimum Gasteiger partial charge on any atom is -0.504 e. The van der Waals surface area contributed by atoms with Gasteiger partial charge >= 0.3 is 0 Å². The van der Waals surface area contributed by atoms with E-state index in [1.54, 1.807) is 28.8 Å². The maximum Gasteiger partial charge on any atom is 0.275 e. The zero-order valence-corrected chi connectivity index (χ0v) is 17.4. The number of rotatable bonds is 4. The normalized spacial score (nSPS) is 15.9. The van der Waals surface area contributed by atoms with Crippen LogP contribution in [0.2, 0.25) is 0 Å². The van der Waals surface area contributed by atoms with Gasteiger partial charge in [0.1, 0.15) is 10.8 Å². The van der Waals surface area contributed by atoms with Crippen LogP contribution in [0.15, 0.2) is 54.6 Å². The Kier molecular flexibility index (Phi) is 4.74. The quantitative estimate of drug-likeness (QED) is 0.530. The first kappa shape index (κ1) is 19.4. The molecule has 1 aliphatic rings. The summed E-state index contributed by atoms with van der Waals surface area (Å²) in [6, 6.07) is 15.7. The van der Waals surface area contributed by atoms with Gasteiger partial charge in [0, 0.05) is 20.0 Å². The number of carbonyl (C=O) groups excluding carboxylic acids is 1. The molecule has 0 saturated carbocycles. The number of aromatic nitrogens is 4. The highest BCUT2D eigenvalue weighted by molar-refractivity contribution is 7.14. The predicted molar refractivity (Wildman–Crippen MR) is 114 cm³/mol. The summed E-state index contributed by atoms with van der Waals surface area (Å²) in [7, 11) is 1.71. The second-order valence-corrected chi connectivity index (χ2v) is 8.47. The number of hydrogen-bond acceptors (Lipinski definition) is 6. The largest absolute Gasteiger partial charge is 0.504 e. The lowest BCUT2D eigenvalue weighted by atomic mass is 10.0. The molecular weight excluding hydrogens is 417 g/mol. The van der Waals surface area contributed by atoms with Gasteiger partial charge in [-0.3, -0.25) is 4.79 Å². The highest BCUT2D eigenvalue weighted by atomic mass is 32.1. The Morgan fingerprint density at radius 3 is 2.61 bits per heavy atom. The summed E-state index contributed by atoms with van der Waals surface area (Å²) in [4.78, 5) is 14.4. The Morgan fingerprint density at radius 1 is 1.13 bits per heavy atom. The van der Waals surface area contributed by atoms with Crippen LogP contribution in [0.25, 0.3) is 10.7 Å². The second kappa shape index (κ2) is 7.59. The topological polar surface area (TPSA) is 84.1 Å². The maximum absolute atomic E-state index is 13.1. The number of amides is 1. The van der Waals surface area contributed by atoms with E-state index in [-0.39, 0.29) is 34.9 Å². The van der Waals surface area contributed by atoms with Crippen molar-refractivity contribution in [1.82, 2.24) is 24.9 Å². The fourth-order valence-corrected chi connectivity index (χ4v) is 4.57. The molecule has 0 radical (unpaired) electrons. The van der Waals surface area contributed by atoms with Crippen molar-refractivity contribution in [3.63, 3.8) is 0 Å². The number of carbonyl (C=O) groups is 1. The molecule has 0 fully saturated rings. The van der Waals surface area contributed by atoms with E-state index in [0.29, 0.717) is 23.0 Å². The average molecular weight is 435 g/mol. The molecule has 2 aromatic heterocycles. The summed E-state index contributed by atoms with van der Waals surface area (Å²) in [6.45, 7) is 0.447. The van der Waals surface area contributed by atoms with E-state index in [2.05, 4.69) is 15.3 Å². The molecule has 156 valence electrons. The molecule has 1 amide bonds. The third kappa shape index (κ3) is 3.46. The predicted octanol–water partition coefficient (Wildman–Crippen LogP) is 3.51. The third-order valence-electron chi connectivity index (χ3n) is 5.30. The van der Waals surface area contributed by atoms with Gasteiger partial charge in [-0.25, -0.2) is 9.07 Å². The van der Waals surface area contributed by atoms with Crippen LogP contribution in [0.5, 0.6) is 5.75 Å². The molecule has 3 heterocycles. The highest BCUT2D eigenvalue weighted by Gasteiger charge is 2.36. The Hall–Kier alpha value is -3.59. The van der Waals surface area contributed by atoms with Crippen molar-refractivity contribution >= 4 is 17.2 Å². The number of nitrogens with zero attached hydrogens (tertiary/aromatic N) is 5. The first-order valence-electron chi connectivity index (χ1n) is 9.70. The van der Waals surface area contributed by atoms with Gasteiger partial charge in [0.2, 0.25) is 0 Å². The van der Waals surface area contributed by atoms with Crippen LogP contribution in [-0.2, 0) is 6.42 Å². The summed E-state index contributed by atoms with van der Waals surface area (Å²) in [5.41, 5.74) is 2.28. The Bertz CT molecular complexity index is 1250. The average Bonchev–Trinajstić information content (AvgIpc) is 3.37. The molecule has 1 N–H and O–H groups in total. The Labute approximate surface area is 181 Å². The summed E-state index contributed by atoms with van der Waals surface area (Å²) in [5, 5.41) is 25.0. The minimum atomic E-state index is -0.294. The molecule has 4 aromatic rings. The molecule has 1 atom stereocenters. The second-order valence-electron chi connectivity index (χ2n) is 7.41. The maximum atomic E-state index is 13.1. The monoisotopic (exact) mass is 435 g/mol. The first-order chi connectivity index (χ1) is 15.0. The van der Waals surface area contributed by atoms with Crippen LogP contribution in [0.4, 0.5) is 4.39 Å². The SMILES string of the molecule is CN1CC(c2ccccc2)n2nc(-c3nnc(Cc4ccc(F)cc4)s3)c(O)c2C1=O. The van der Waals surface area contributed by atoms with Crippen molar-refractivity contribution in [3.8, 4) is 16.5 Å². The minimum absolute atomic E-state index is 0.146. The van der Waals surface area contributed by atoms with Crippen molar-refractivity contribution in [2.75, 3.05) is 13.6 Å². The zero-order valence-electron chi connectivity index (χ0n) is 16.6. The van der Waals surface area contributed by atoms with Gasteiger partial charge in [-0.2, -0.15) is 5.10 Å². The molecule has 31 heavy (non-hydrogen) atoms. The number of hydrogen-bond donors (Lipinski definition) is 1. The standard InChI is InChI=1S/C22H18FN5O2S/c1-27-12-16(14-5-3-2-4-6-14)28-19(22(27)30)20(29)18(26-28)21-25-24-17(31-21)11-13-7-9-15(23)10-8-13/h2-10,16,29H,11-12H2,1H3. The van der Waals surface area contributed by atoms with Crippen molar-refractivity contribution in [1.29, 1.82) is 0 Å². The van der Waals surface area contributed by atoms with Crippen LogP contribution in [0.1, 0.15) is 32.7 Å². The summed E-state index contributed by atoms with van der Waals surface area (Å²) < 4.78 is 14.7. The molecule has 2 aromatic carbocycles. The fourth-order valence-electron chi connectivity index (χ4n) is 3.71. The number of halogens is 1. The van der Waals surface area contributed by atoms with Crippen LogP contribution in [0, 0.1) is 5.82 Å². The van der Waals surface area contributed by atoms with Crippen LogP contribution < -0.4 is 0 Å². The van der Waals surface area contributed by atoms with E-state index in [1.807, 2.05) is 30.3 Å². The molecule has 1 aliphatic heterocycles. The number of aromatic hydroxyl groups is 1. The molecule has 5 rings (SSSR count). The van der Waals surface area contributed by atoms with E-state index in [1.165, 1.54) is 23.5 Å². The van der Waals surface area contributed by atoms with Crippen molar-refractivity contribution in [2.24, 2.45) is 0 Å². The summed E-state index contributed by atoms with van der Waals surface area (Å²) in [6.07, 6.45) is 0.487. The molecular formula is C22H18FN5O2S. The molecule has 0 spiro atoms. The number of benzene rings is 2. The fraction of sp³-hybridized carbons (Fsp3) is 0.182. The molecule has 0 bridgehead atoms. The lowest BCUT2D eigenvalue weighted by Crippen LogP contribution is -2.41. The van der Waals surface area contributed by atoms with Gasteiger partial charge in [-0.1, -0.05) is 53.8 Å². The first-order valence-corrected chi connectivity index (χ1v) is 10.5. The van der Waals surface area contributed by atoms with Crippen LogP contribution >= 0.6 is 11.3 Å². The number of fused-ring (bicyclic) bond motifs is 1. The van der Waals surface area contributed by atoms with Crippen LogP contribution in [0.3, 0.4) is 0 Å². The van der Waals surface area contributed by atoms with Crippen molar-refractivity contribution in [3.05, 3.63) is 82.2 Å². The van der Waals surface area contributed by atoms with Gasteiger partial charge < -0.3 is 10.0 Å². The van der Waals surface area contributed by atoms with Crippen molar-refractivity contribution in [2.45, 2.75) is 12.5 Å². The number of likely N-dealkylation sites (N-methyl/N-ethyl adjacent to an activating group) is 1. The van der Waals surface area contributed by atoms with E-state index >= 15 is 0 Å². The van der Waals surface area contributed by atoms with E-state index in [4.69, 9.17) is 0 Å². The molecule has 1 unspecified atom stereocenters. The van der Waals surface area contributed by atoms with E-state index in [9.17, 15) is 14.3 Å². The van der Waals surface area contributed by atoms with E-state index < -0.39 is 0 Å². The zero-order chi connectivity index (χ0) is 21.5. The van der Waals surface area contributed by atoms with Gasteiger partial charge in [-0.05, 0) is 23.3 Å².